The number of carbonyl (C=O) groups is 1. The maximum Gasteiger partial charge on any atom is 0.410 e. The number of carbonyl (C=O) groups excluding carboxylic acids is 1. The van der Waals surface area contributed by atoms with Crippen LogP contribution in [0.4, 0.5) is 13.6 Å². The lowest BCUT2D eigenvalue weighted by Gasteiger charge is -2.36. The van der Waals surface area contributed by atoms with Gasteiger partial charge in [0.05, 0.1) is 0 Å². The number of halogens is 2. The zero-order valence-electron chi connectivity index (χ0n) is 9.36. The lowest BCUT2D eigenvalue weighted by Crippen LogP contribution is -2.46. The van der Waals surface area contributed by atoms with Crippen molar-refractivity contribution in [3.63, 3.8) is 0 Å². The van der Waals surface area contributed by atoms with Gasteiger partial charge in [0, 0.05) is 12.1 Å². The summed E-state index contributed by atoms with van der Waals surface area (Å²) in [5, 5.41) is 0. The molecule has 2 fully saturated rings. The lowest BCUT2D eigenvalue weighted by atomic mass is 9.93. The Morgan fingerprint density at radius 3 is 2.44 bits per heavy atom. The molecule has 1 amide bonds. The number of amides is 1. The molecule has 3 nitrogen and oxygen atoms in total. The summed E-state index contributed by atoms with van der Waals surface area (Å²) in [5.41, 5.74) is 0. The van der Waals surface area contributed by atoms with Crippen molar-refractivity contribution in [3.8, 4) is 0 Å². The number of hydrogen-bond donors (Lipinski definition) is 0. The minimum absolute atomic E-state index is 0.207. The Morgan fingerprint density at radius 1 is 1.38 bits per heavy atom. The van der Waals surface area contributed by atoms with Gasteiger partial charge in [-0.3, -0.25) is 0 Å². The van der Waals surface area contributed by atoms with Gasteiger partial charge in [-0.2, -0.15) is 0 Å². The minimum Gasteiger partial charge on any atom is -0.443 e. The Labute approximate surface area is 93.7 Å². The molecular weight excluding hydrogens is 216 g/mol. The van der Waals surface area contributed by atoms with Crippen molar-refractivity contribution >= 4 is 6.09 Å². The Bertz CT molecular complexity index is 259. The van der Waals surface area contributed by atoms with Gasteiger partial charge in [0.2, 0.25) is 0 Å². The molecule has 5 heteroatoms. The van der Waals surface area contributed by atoms with Gasteiger partial charge >= 0.3 is 6.09 Å². The van der Waals surface area contributed by atoms with E-state index >= 15 is 0 Å². The predicted molar refractivity (Wildman–Crippen MR) is 54.4 cm³/mol. The summed E-state index contributed by atoms with van der Waals surface area (Å²) >= 11 is 0. The molecule has 0 aliphatic carbocycles. The van der Waals surface area contributed by atoms with Gasteiger partial charge < -0.3 is 9.64 Å². The Balaban J connectivity index is 1.92. The van der Waals surface area contributed by atoms with E-state index in [2.05, 4.69) is 11.7 Å². The van der Waals surface area contributed by atoms with Crippen LogP contribution in [0.15, 0.2) is 0 Å². The molecule has 2 saturated heterocycles. The van der Waals surface area contributed by atoms with Gasteiger partial charge in [0.25, 0.3) is 6.43 Å². The van der Waals surface area contributed by atoms with E-state index in [1.54, 1.807) is 4.90 Å². The molecule has 0 aromatic carbocycles. The molecule has 2 atom stereocenters. The van der Waals surface area contributed by atoms with Crippen LogP contribution in [-0.4, -0.2) is 36.1 Å². The summed E-state index contributed by atoms with van der Waals surface area (Å²) in [5.74, 6) is 0.622. The van der Waals surface area contributed by atoms with Crippen molar-refractivity contribution in [3.05, 3.63) is 0 Å². The van der Waals surface area contributed by atoms with Crippen LogP contribution in [0.3, 0.4) is 0 Å². The highest BCUT2D eigenvalue weighted by Gasteiger charge is 2.42. The number of alkyl halides is 2. The number of nitrogens with zero attached hydrogens (tertiary/aromatic N) is 1. The number of hydrogen-bond acceptors (Lipinski definition) is 2. The third-order valence-electron chi connectivity index (χ3n) is 3.51. The summed E-state index contributed by atoms with van der Waals surface area (Å²) < 4.78 is 28.5. The molecule has 0 saturated carbocycles. The second-order valence-corrected chi connectivity index (χ2v) is 4.84. The first-order valence-corrected chi connectivity index (χ1v) is 5.81. The summed E-state index contributed by atoms with van der Waals surface area (Å²) in [6, 6.07) is 0.415. The summed E-state index contributed by atoms with van der Waals surface area (Å²) in [7, 11) is 0. The first kappa shape index (κ1) is 11.6. The quantitative estimate of drug-likeness (QED) is 0.733. The van der Waals surface area contributed by atoms with Crippen molar-refractivity contribution in [2.75, 3.05) is 6.61 Å². The summed E-state index contributed by atoms with van der Waals surface area (Å²) in [6.45, 7) is 1.39. The minimum atomic E-state index is -2.58. The Hall–Kier alpha value is -0.870. The van der Waals surface area contributed by atoms with E-state index < -0.39 is 19.1 Å². The van der Waals surface area contributed by atoms with Crippen molar-refractivity contribution in [2.45, 2.75) is 51.1 Å². The Morgan fingerprint density at radius 2 is 1.94 bits per heavy atom. The highest BCUT2D eigenvalue weighted by atomic mass is 19.3. The molecule has 0 N–H and O–H groups in total. The van der Waals surface area contributed by atoms with Crippen LogP contribution in [0.1, 0.15) is 32.6 Å². The fourth-order valence-electron chi connectivity index (χ4n) is 2.96. The van der Waals surface area contributed by atoms with E-state index in [9.17, 15) is 13.6 Å². The zero-order chi connectivity index (χ0) is 11.7. The summed E-state index contributed by atoms with van der Waals surface area (Å²) in [4.78, 5) is 13.3. The monoisotopic (exact) mass is 233 g/mol. The standard InChI is InChI=1S/C11H17F2NO2/c1-7-4-8-2-3-9(5-7)14(8)11(15)16-6-10(12)13/h7-10H,2-6H2,1H3. The molecule has 2 heterocycles. The topological polar surface area (TPSA) is 29.5 Å². The van der Waals surface area contributed by atoms with E-state index in [0.717, 1.165) is 25.7 Å². The van der Waals surface area contributed by atoms with Crippen LogP contribution in [0, 0.1) is 5.92 Å². The van der Waals surface area contributed by atoms with Gasteiger partial charge in [-0.25, -0.2) is 13.6 Å². The van der Waals surface area contributed by atoms with E-state index in [1.807, 2.05) is 0 Å². The largest absolute Gasteiger partial charge is 0.443 e. The number of piperidine rings is 1. The molecule has 0 aromatic heterocycles. The molecule has 0 spiro atoms. The fourth-order valence-corrected chi connectivity index (χ4v) is 2.96. The average molecular weight is 233 g/mol. The van der Waals surface area contributed by atoms with Gasteiger partial charge in [-0.1, -0.05) is 6.92 Å². The normalized spacial score (nSPS) is 33.2. The van der Waals surface area contributed by atoms with Crippen molar-refractivity contribution < 1.29 is 18.3 Å². The Kier molecular flexibility index (Phi) is 3.30. The molecular formula is C11H17F2NO2. The average Bonchev–Trinajstić information content (AvgIpc) is 2.48. The molecule has 16 heavy (non-hydrogen) atoms. The first-order chi connectivity index (χ1) is 7.58. The van der Waals surface area contributed by atoms with Crippen molar-refractivity contribution in [1.29, 1.82) is 0 Å². The van der Waals surface area contributed by atoms with Crippen LogP contribution in [-0.2, 0) is 4.74 Å². The molecule has 2 bridgehead atoms. The third-order valence-corrected chi connectivity index (χ3v) is 3.51. The van der Waals surface area contributed by atoms with Gasteiger partial charge in [-0.05, 0) is 31.6 Å². The highest BCUT2D eigenvalue weighted by molar-refractivity contribution is 5.69. The summed E-state index contributed by atoms with van der Waals surface area (Å²) in [6.07, 6.45) is 0.781. The molecule has 92 valence electrons. The fraction of sp³-hybridized carbons (Fsp3) is 0.909. The highest BCUT2D eigenvalue weighted by Crippen LogP contribution is 2.38. The molecule has 0 radical (unpaired) electrons. The molecule has 2 unspecified atom stereocenters. The maximum absolute atomic E-state index is 11.9. The van der Waals surface area contributed by atoms with E-state index in [0.29, 0.717) is 5.92 Å². The third kappa shape index (κ3) is 2.28. The predicted octanol–water partition coefficient (Wildman–Crippen LogP) is 2.65. The number of ether oxygens (including phenoxy) is 1. The van der Waals surface area contributed by atoms with Crippen molar-refractivity contribution in [1.82, 2.24) is 4.90 Å². The molecule has 0 aromatic rings. The second kappa shape index (κ2) is 4.55. The van der Waals surface area contributed by atoms with Crippen LogP contribution in [0.2, 0.25) is 0 Å². The van der Waals surface area contributed by atoms with Crippen LogP contribution in [0.25, 0.3) is 0 Å². The molecule has 2 aliphatic rings. The first-order valence-electron chi connectivity index (χ1n) is 5.81. The van der Waals surface area contributed by atoms with Crippen LogP contribution >= 0.6 is 0 Å². The van der Waals surface area contributed by atoms with E-state index in [1.165, 1.54) is 0 Å². The number of rotatable bonds is 2. The van der Waals surface area contributed by atoms with Crippen LogP contribution < -0.4 is 0 Å². The van der Waals surface area contributed by atoms with Crippen LogP contribution in [0.5, 0.6) is 0 Å². The smallest absolute Gasteiger partial charge is 0.410 e. The molecule has 2 aliphatic heterocycles. The molecule has 2 rings (SSSR count). The number of fused-ring (bicyclic) bond motifs is 2. The maximum atomic E-state index is 11.9. The SMILES string of the molecule is CC1CC2CCC(C1)N2C(=O)OCC(F)F. The van der Waals surface area contributed by atoms with Gasteiger partial charge in [-0.15, -0.1) is 0 Å². The zero-order valence-corrected chi connectivity index (χ0v) is 9.36. The lowest BCUT2D eigenvalue weighted by molar-refractivity contribution is 0.0147. The van der Waals surface area contributed by atoms with Crippen molar-refractivity contribution in [2.24, 2.45) is 5.92 Å². The van der Waals surface area contributed by atoms with E-state index in [4.69, 9.17) is 0 Å². The van der Waals surface area contributed by atoms with E-state index in [-0.39, 0.29) is 12.1 Å². The van der Waals surface area contributed by atoms with Gasteiger partial charge in [0.15, 0.2) is 6.61 Å². The van der Waals surface area contributed by atoms with Gasteiger partial charge in [0.1, 0.15) is 0 Å². The second-order valence-electron chi connectivity index (χ2n) is 4.84.